The van der Waals surface area contributed by atoms with E-state index in [1.807, 2.05) is 81.8 Å². The molecule has 6 rings (SSSR count). The molecule has 37 heavy (non-hydrogen) atoms. The minimum atomic E-state index is -1.12. The normalized spacial score (nSPS) is 16.5. The summed E-state index contributed by atoms with van der Waals surface area (Å²) in [4.78, 5) is 17.7. The molecule has 184 valence electrons. The van der Waals surface area contributed by atoms with Crippen LogP contribution in [0.4, 0.5) is 11.4 Å². The molecule has 1 atom stereocenters. The Kier molecular flexibility index (Phi) is 5.30. The molecule has 3 aromatic carbocycles. The van der Waals surface area contributed by atoms with E-state index < -0.39 is 5.60 Å². The van der Waals surface area contributed by atoms with Crippen molar-refractivity contribution in [2.24, 2.45) is 0 Å². The predicted octanol–water partition coefficient (Wildman–Crippen LogP) is 6.20. The Morgan fingerprint density at radius 2 is 1.38 bits per heavy atom. The molecule has 1 aliphatic heterocycles. The van der Waals surface area contributed by atoms with Crippen LogP contribution in [0.15, 0.2) is 103 Å². The molecule has 0 fully saturated rings. The third-order valence-corrected chi connectivity index (χ3v) is 7.25. The summed E-state index contributed by atoms with van der Waals surface area (Å²) in [6.45, 7) is 0. The second-order valence-corrected chi connectivity index (χ2v) is 9.90. The van der Waals surface area contributed by atoms with Crippen LogP contribution in [0.1, 0.15) is 27.2 Å². The number of carbonyl (C=O) groups is 1. The highest BCUT2D eigenvalue weighted by molar-refractivity contribution is 5.98. The van der Waals surface area contributed by atoms with E-state index in [1.54, 1.807) is 0 Å². The summed E-state index contributed by atoms with van der Waals surface area (Å²) in [5.41, 5.74) is 7.30. The number of rotatable bonds is 5. The van der Waals surface area contributed by atoms with Gasteiger partial charge in [-0.3, -0.25) is 0 Å². The summed E-state index contributed by atoms with van der Waals surface area (Å²) >= 11 is 0. The van der Waals surface area contributed by atoms with E-state index in [0.29, 0.717) is 5.56 Å². The Morgan fingerprint density at radius 1 is 0.703 bits per heavy atom. The van der Waals surface area contributed by atoms with Gasteiger partial charge in [-0.2, -0.15) is 0 Å². The van der Waals surface area contributed by atoms with E-state index >= 15 is 0 Å². The van der Waals surface area contributed by atoms with Crippen LogP contribution in [0.2, 0.25) is 0 Å². The minimum Gasteiger partial charge on any atom is -0.439 e. The van der Waals surface area contributed by atoms with Crippen molar-refractivity contribution < 1.29 is 9.53 Å². The first kappa shape index (κ1) is 22.9. The lowest BCUT2D eigenvalue weighted by Crippen LogP contribution is -2.32. The maximum absolute atomic E-state index is 13.6. The molecule has 5 heteroatoms. The van der Waals surface area contributed by atoms with Crippen LogP contribution in [-0.4, -0.2) is 38.6 Å². The van der Waals surface area contributed by atoms with Crippen molar-refractivity contribution >= 4 is 22.9 Å². The first-order valence-corrected chi connectivity index (χ1v) is 12.4. The highest BCUT2D eigenvalue weighted by atomic mass is 16.6. The number of aromatic nitrogens is 1. The third-order valence-electron chi connectivity index (χ3n) is 7.25. The molecule has 0 amide bonds. The molecule has 0 radical (unpaired) electrons. The predicted molar refractivity (Wildman–Crippen MR) is 150 cm³/mol. The smallest absolute Gasteiger partial charge is 0.340 e. The van der Waals surface area contributed by atoms with Gasteiger partial charge in [-0.1, -0.05) is 54.6 Å². The van der Waals surface area contributed by atoms with Crippen molar-refractivity contribution in [2.45, 2.75) is 5.60 Å². The van der Waals surface area contributed by atoms with Gasteiger partial charge in [0.25, 0.3) is 0 Å². The van der Waals surface area contributed by atoms with Gasteiger partial charge in [0.2, 0.25) is 5.60 Å². The number of ether oxygens (including phenoxy) is 1. The topological polar surface area (TPSA) is 37.2 Å². The maximum atomic E-state index is 13.6. The number of hydrogen-bond donors (Lipinski definition) is 0. The zero-order chi connectivity index (χ0) is 25.7. The number of benzene rings is 3. The summed E-state index contributed by atoms with van der Waals surface area (Å²) in [6.07, 6.45) is 2.05. The molecule has 1 aliphatic rings. The largest absolute Gasteiger partial charge is 0.439 e. The SMILES string of the molecule is CN(C)c1ccc(C2(c3c(-c4ccccc4)cc4ccccn34)OC(=O)c3cc(N(C)C)ccc32)cc1. The van der Waals surface area contributed by atoms with Crippen LogP contribution in [0.3, 0.4) is 0 Å². The van der Waals surface area contributed by atoms with Crippen LogP contribution >= 0.6 is 0 Å². The number of anilines is 2. The third kappa shape index (κ3) is 3.50. The Bertz CT molecular complexity index is 1620. The van der Waals surface area contributed by atoms with Crippen molar-refractivity contribution in [3.63, 3.8) is 0 Å². The fourth-order valence-electron chi connectivity index (χ4n) is 5.38. The van der Waals surface area contributed by atoms with Gasteiger partial charge in [-0.05, 0) is 48.0 Å². The average Bonchev–Trinajstić information content (AvgIpc) is 3.45. The molecule has 0 saturated carbocycles. The van der Waals surface area contributed by atoms with Crippen molar-refractivity contribution in [3.8, 4) is 11.1 Å². The molecule has 0 bridgehead atoms. The Labute approximate surface area is 217 Å². The molecule has 0 spiro atoms. The van der Waals surface area contributed by atoms with E-state index in [1.165, 1.54) is 0 Å². The zero-order valence-corrected chi connectivity index (χ0v) is 21.5. The molecule has 0 saturated heterocycles. The van der Waals surface area contributed by atoms with Gasteiger partial charge < -0.3 is 18.9 Å². The van der Waals surface area contributed by atoms with Gasteiger partial charge in [0.15, 0.2) is 0 Å². The molecular weight excluding hydrogens is 458 g/mol. The van der Waals surface area contributed by atoms with E-state index in [4.69, 9.17) is 4.74 Å². The number of cyclic esters (lactones) is 1. The quantitative estimate of drug-likeness (QED) is 0.277. The Balaban J connectivity index is 1.73. The second kappa shape index (κ2) is 8.56. The molecule has 5 aromatic rings. The van der Waals surface area contributed by atoms with E-state index in [-0.39, 0.29) is 5.97 Å². The molecule has 0 aliphatic carbocycles. The van der Waals surface area contributed by atoms with Gasteiger partial charge in [-0.15, -0.1) is 0 Å². The van der Waals surface area contributed by atoms with Crippen molar-refractivity contribution in [1.82, 2.24) is 4.40 Å². The van der Waals surface area contributed by atoms with Crippen LogP contribution in [0.25, 0.3) is 16.6 Å². The monoisotopic (exact) mass is 487 g/mol. The Morgan fingerprint density at radius 3 is 2.08 bits per heavy atom. The number of hydrogen-bond acceptors (Lipinski definition) is 4. The Hall–Kier alpha value is -4.51. The first-order valence-electron chi connectivity index (χ1n) is 12.4. The van der Waals surface area contributed by atoms with Gasteiger partial charge in [0.05, 0.1) is 11.3 Å². The fraction of sp³-hybridized carbons (Fsp3) is 0.156. The summed E-state index contributed by atoms with van der Waals surface area (Å²) in [5.74, 6) is -0.319. The van der Waals surface area contributed by atoms with Crippen molar-refractivity contribution in [2.75, 3.05) is 38.0 Å². The molecule has 1 unspecified atom stereocenters. The molecule has 3 heterocycles. The van der Waals surface area contributed by atoms with Crippen LogP contribution in [0, 0.1) is 0 Å². The van der Waals surface area contributed by atoms with E-state index in [0.717, 1.165) is 44.8 Å². The second-order valence-electron chi connectivity index (χ2n) is 9.90. The maximum Gasteiger partial charge on any atom is 0.340 e. The number of carbonyl (C=O) groups excluding carboxylic acids is 1. The van der Waals surface area contributed by atoms with E-state index in [2.05, 4.69) is 63.9 Å². The van der Waals surface area contributed by atoms with Gasteiger partial charge in [0, 0.05) is 68.0 Å². The highest BCUT2D eigenvalue weighted by Gasteiger charge is 2.51. The van der Waals surface area contributed by atoms with Crippen molar-refractivity contribution in [3.05, 3.63) is 126 Å². The van der Waals surface area contributed by atoms with E-state index in [9.17, 15) is 4.79 Å². The lowest BCUT2D eigenvalue weighted by Gasteiger charge is -2.32. The number of esters is 1. The van der Waals surface area contributed by atoms with Gasteiger partial charge in [-0.25, -0.2) is 4.79 Å². The lowest BCUT2D eigenvalue weighted by molar-refractivity contribution is 0.0238. The van der Waals surface area contributed by atoms with Crippen LogP contribution in [-0.2, 0) is 10.3 Å². The highest BCUT2D eigenvalue weighted by Crippen LogP contribution is 2.51. The van der Waals surface area contributed by atoms with Crippen molar-refractivity contribution in [1.29, 1.82) is 0 Å². The number of nitrogens with zero attached hydrogens (tertiary/aromatic N) is 3. The lowest BCUT2D eigenvalue weighted by atomic mass is 9.80. The van der Waals surface area contributed by atoms with Gasteiger partial charge >= 0.3 is 5.97 Å². The summed E-state index contributed by atoms with van der Waals surface area (Å²) < 4.78 is 8.72. The standard InChI is InChI=1S/C32H29N3O2/c1-33(2)24-15-13-23(14-16-24)32(29-18-17-25(34(3)4)20-28(29)31(36)37-32)30-27(22-10-6-5-7-11-22)21-26-12-8-9-19-35(26)30/h5-21H,1-4H3. The first-order chi connectivity index (χ1) is 17.9. The van der Waals surface area contributed by atoms with Gasteiger partial charge in [0.1, 0.15) is 0 Å². The summed E-state index contributed by atoms with van der Waals surface area (Å²) in [7, 11) is 7.99. The molecular formula is C32H29N3O2. The fourth-order valence-corrected chi connectivity index (χ4v) is 5.38. The minimum absolute atomic E-state index is 0.319. The van der Waals surface area contributed by atoms with Crippen LogP contribution in [0.5, 0.6) is 0 Å². The summed E-state index contributed by atoms with van der Waals surface area (Å²) in [6, 6.07) is 33.0. The number of fused-ring (bicyclic) bond motifs is 2. The number of pyridine rings is 1. The molecule has 0 N–H and O–H groups in total. The summed E-state index contributed by atoms with van der Waals surface area (Å²) in [5, 5.41) is 0. The average molecular weight is 488 g/mol. The zero-order valence-electron chi connectivity index (χ0n) is 21.5. The molecule has 5 nitrogen and oxygen atoms in total. The van der Waals surface area contributed by atoms with Crippen LogP contribution < -0.4 is 9.80 Å². The molecule has 2 aromatic heterocycles.